The minimum atomic E-state index is -1.20. The third-order valence-corrected chi connectivity index (χ3v) is 8.46. The minimum Gasteiger partial charge on any atom is -0.497 e. The molecule has 1 aromatic heterocycles. The van der Waals surface area contributed by atoms with Crippen LogP contribution in [-0.2, 0) is 19.1 Å². The first-order valence-electron chi connectivity index (χ1n) is 15.7. The van der Waals surface area contributed by atoms with Crippen LogP contribution in [0, 0.1) is 5.92 Å². The Morgan fingerprint density at radius 2 is 1.89 bits per heavy atom. The number of fused-ring (bicyclic) bond motifs is 1. The van der Waals surface area contributed by atoms with Crippen molar-refractivity contribution in [2.45, 2.75) is 56.7 Å². The van der Waals surface area contributed by atoms with Crippen LogP contribution in [0.3, 0.4) is 0 Å². The maximum atomic E-state index is 13.8. The lowest BCUT2D eigenvalue weighted by atomic mass is 10.1. The number of carbonyl (C=O) groups excluding carboxylic acids is 3. The molecule has 0 spiro atoms. The molecule has 46 heavy (non-hydrogen) atoms. The second kappa shape index (κ2) is 14.5. The van der Waals surface area contributed by atoms with Gasteiger partial charge in [-0.15, -0.1) is 13.2 Å². The zero-order chi connectivity index (χ0) is 32.7. The quantitative estimate of drug-likeness (QED) is 0.135. The number of hydrogen-bond donors (Lipinski definition) is 1. The van der Waals surface area contributed by atoms with Gasteiger partial charge in [0.25, 0.3) is 0 Å². The Kier molecular flexibility index (Phi) is 10.2. The minimum absolute atomic E-state index is 0.113. The zero-order valence-electron chi connectivity index (χ0n) is 26.4. The van der Waals surface area contributed by atoms with E-state index >= 15 is 0 Å². The summed E-state index contributed by atoms with van der Waals surface area (Å²) in [5.74, 6) is -0.0221. The number of benzene rings is 2. The molecule has 3 aromatic rings. The van der Waals surface area contributed by atoms with Gasteiger partial charge in [-0.1, -0.05) is 42.5 Å². The maximum Gasteiger partial charge on any atom is 0.410 e. The zero-order valence-corrected chi connectivity index (χ0v) is 26.4. The van der Waals surface area contributed by atoms with Crippen molar-refractivity contribution in [3.8, 4) is 22.8 Å². The number of amides is 2. The molecule has 4 atom stereocenters. The van der Waals surface area contributed by atoms with E-state index in [0.29, 0.717) is 35.6 Å². The van der Waals surface area contributed by atoms with Gasteiger partial charge in [0, 0.05) is 35.4 Å². The number of hydrogen-bond acceptors (Lipinski definition) is 8. The van der Waals surface area contributed by atoms with E-state index in [0.717, 1.165) is 23.8 Å². The van der Waals surface area contributed by atoms with Crippen LogP contribution in [0.4, 0.5) is 4.79 Å². The highest BCUT2D eigenvalue weighted by Crippen LogP contribution is 2.46. The molecule has 1 N–H and O–H groups in total. The van der Waals surface area contributed by atoms with E-state index in [1.807, 2.05) is 60.7 Å². The van der Waals surface area contributed by atoms with Crippen LogP contribution < -0.4 is 14.8 Å². The van der Waals surface area contributed by atoms with Crippen LogP contribution in [0.5, 0.6) is 11.5 Å². The molecule has 5 rings (SSSR count). The normalized spacial score (nSPS) is 21.7. The number of esters is 1. The summed E-state index contributed by atoms with van der Waals surface area (Å²) in [6.07, 6.45) is 5.20. The Labute approximate surface area is 269 Å². The van der Waals surface area contributed by atoms with Crippen molar-refractivity contribution >= 4 is 28.9 Å². The number of likely N-dealkylation sites (tertiary alicyclic amines) is 1. The molecule has 242 valence electrons. The van der Waals surface area contributed by atoms with E-state index < -0.39 is 35.7 Å². The molecular weight excluding hydrogens is 586 g/mol. The van der Waals surface area contributed by atoms with E-state index in [9.17, 15) is 14.4 Å². The highest BCUT2D eigenvalue weighted by atomic mass is 16.6. The van der Waals surface area contributed by atoms with Gasteiger partial charge >= 0.3 is 12.1 Å². The number of carbonyl (C=O) groups is 3. The van der Waals surface area contributed by atoms with E-state index in [4.69, 9.17) is 23.9 Å². The summed E-state index contributed by atoms with van der Waals surface area (Å²) in [4.78, 5) is 46.3. The van der Waals surface area contributed by atoms with Crippen LogP contribution in [0.25, 0.3) is 22.2 Å². The van der Waals surface area contributed by atoms with Crippen LogP contribution in [0.2, 0.25) is 0 Å². The predicted octanol–water partition coefficient (Wildman–Crippen LogP) is 5.85. The van der Waals surface area contributed by atoms with E-state index in [1.54, 1.807) is 20.1 Å². The van der Waals surface area contributed by atoms with Gasteiger partial charge in [-0.3, -0.25) is 9.69 Å². The van der Waals surface area contributed by atoms with Crippen LogP contribution in [-0.4, -0.2) is 72.4 Å². The molecule has 2 amide bonds. The van der Waals surface area contributed by atoms with Crippen LogP contribution in [0.15, 0.2) is 79.9 Å². The molecule has 2 heterocycles. The maximum absolute atomic E-state index is 13.8. The average Bonchev–Trinajstić information content (AvgIpc) is 3.63. The number of nitrogens with one attached hydrogen (secondary N) is 1. The van der Waals surface area contributed by atoms with Crippen molar-refractivity contribution in [1.82, 2.24) is 15.2 Å². The first-order valence-corrected chi connectivity index (χ1v) is 15.7. The first-order chi connectivity index (χ1) is 22.3. The standard InChI is InChI=1S/C36H41N3O7/c1-5-8-9-13-18-45-35(42)39-23-27(20-31(39)33(40)38-36(22-25(36)6-2)34(41)44-7-3)46-32-21-29(24-14-11-10-12-15-24)37-30-19-26(43-4)16-17-28(30)32/h5-6,10-12,14-17,19,21,25,27,31H,1-2,7-9,13,18,20,22-23H2,3-4H3,(H,38,40)/t25-,27-,31+,36-/m1/s1. The fraction of sp³-hybridized carbons (Fsp3) is 0.389. The molecule has 2 aliphatic rings. The van der Waals surface area contributed by atoms with Crippen LogP contribution >= 0.6 is 0 Å². The van der Waals surface area contributed by atoms with E-state index in [2.05, 4.69) is 18.5 Å². The summed E-state index contributed by atoms with van der Waals surface area (Å²) in [7, 11) is 1.60. The third-order valence-electron chi connectivity index (χ3n) is 8.46. The predicted molar refractivity (Wildman–Crippen MR) is 174 cm³/mol. The van der Waals surface area contributed by atoms with Crippen molar-refractivity contribution < 1.29 is 33.3 Å². The summed E-state index contributed by atoms with van der Waals surface area (Å²) < 4.78 is 22.9. The van der Waals surface area contributed by atoms with Gasteiger partial charge in [0.05, 0.1) is 38.1 Å². The lowest BCUT2D eigenvalue weighted by Crippen LogP contribution is -2.53. The Morgan fingerprint density at radius 1 is 1.09 bits per heavy atom. The average molecular weight is 628 g/mol. The van der Waals surface area contributed by atoms with Gasteiger partial charge in [0.2, 0.25) is 5.91 Å². The number of allylic oxidation sites excluding steroid dienone is 1. The van der Waals surface area contributed by atoms with Gasteiger partial charge < -0.3 is 24.3 Å². The number of rotatable bonds is 14. The second-order valence-corrected chi connectivity index (χ2v) is 11.5. The number of ether oxygens (including phenoxy) is 4. The largest absolute Gasteiger partial charge is 0.497 e. The molecule has 10 nitrogen and oxygen atoms in total. The van der Waals surface area contributed by atoms with Gasteiger partial charge in [0.1, 0.15) is 29.2 Å². The number of aromatic nitrogens is 1. The molecule has 1 saturated heterocycles. The third kappa shape index (κ3) is 7.01. The molecule has 1 saturated carbocycles. The summed E-state index contributed by atoms with van der Waals surface area (Å²) in [5.41, 5.74) is 1.10. The number of unbranched alkanes of at least 4 members (excludes halogenated alkanes) is 2. The summed E-state index contributed by atoms with van der Waals surface area (Å²) in [6, 6.07) is 16.2. The van der Waals surface area contributed by atoms with Crippen molar-refractivity contribution in [1.29, 1.82) is 0 Å². The van der Waals surface area contributed by atoms with E-state index in [-0.39, 0.29) is 32.1 Å². The molecular formula is C36H41N3O7. The molecule has 2 fully saturated rings. The van der Waals surface area contributed by atoms with Gasteiger partial charge in [-0.05, 0) is 44.7 Å². The smallest absolute Gasteiger partial charge is 0.410 e. The van der Waals surface area contributed by atoms with Crippen molar-refractivity contribution in [3.05, 3.63) is 79.9 Å². The Hall–Kier alpha value is -4.86. The Bertz CT molecular complexity index is 1590. The lowest BCUT2D eigenvalue weighted by molar-refractivity contribution is -0.149. The number of methoxy groups -OCH3 is 1. The van der Waals surface area contributed by atoms with Crippen LogP contribution in [0.1, 0.15) is 39.0 Å². The molecule has 0 unspecified atom stereocenters. The Balaban J connectivity index is 1.42. The van der Waals surface area contributed by atoms with Crippen molar-refractivity contribution in [3.63, 3.8) is 0 Å². The lowest BCUT2D eigenvalue weighted by Gasteiger charge is -2.25. The fourth-order valence-electron chi connectivity index (χ4n) is 5.87. The molecule has 1 aliphatic heterocycles. The molecule has 0 radical (unpaired) electrons. The Morgan fingerprint density at radius 3 is 2.59 bits per heavy atom. The second-order valence-electron chi connectivity index (χ2n) is 11.5. The van der Waals surface area contributed by atoms with Gasteiger partial charge in [-0.25, -0.2) is 14.6 Å². The summed E-state index contributed by atoms with van der Waals surface area (Å²) >= 11 is 0. The number of nitrogens with zero attached hydrogens (tertiary/aromatic N) is 2. The molecule has 1 aliphatic carbocycles. The SMILES string of the molecule is C=CCCCCOC(=O)N1C[C@H](Oc2cc(-c3ccccc3)nc3cc(OC)ccc23)C[C@H]1C(=O)N[C@]1(C(=O)OCC)C[C@H]1C=C. The van der Waals surface area contributed by atoms with Crippen molar-refractivity contribution in [2.75, 3.05) is 26.9 Å². The van der Waals surface area contributed by atoms with E-state index in [1.165, 1.54) is 4.90 Å². The van der Waals surface area contributed by atoms with Gasteiger partial charge in [-0.2, -0.15) is 0 Å². The summed E-state index contributed by atoms with van der Waals surface area (Å²) in [6.45, 7) is 9.75. The monoisotopic (exact) mass is 627 g/mol. The van der Waals surface area contributed by atoms with Gasteiger partial charge in [0.15, 0.2) is 0 Å². The molecule has 10 heteroatoms. The first kappa shape index (κ1) is 32.5. The van der Waals surface area contributed by atoms with Crippen molar-refractivity contribution in [2.24, 2.45) is 5.92 Å². The summed E-state index contributed by atoms with van der Waals surface area (Å²) in [5, 5.41) is 3.66. The highest BCUT2D eigenvalue weighted by molar-refractivity contribution is 5.95. The number of pyridine rings is 1. The molecule has 0 bridgehead atoms. The highest BCUT2D eigenvalue weighted by Gasteiger charge is 2.62. The fourth-order valence-corrected chi connectivity index (χ4v) is 5.87. The molecule has 2 aromatic carbocycles. The topological polar surface area (TPSA) is 116 Å².